The van der Waals surface area contributed by atoms with E-state index in [4.69, 9.17) is 4.74 Å². The minimum atomic E-state index is -4.41. The van der Waals surface area contributed by atoms with Crippen molar-refractivity contribution < 1.29 is 23.0 Å². The van der Waals surface area contributed by atoms with E-state index in [1.807, 2.05) is 4.90 Å². The molecule has 1 aromatic rings. The fraction of sp³-hybridized carbons (Fsp3) is 0.538. The monoisotopic (exact) mass is 275 g/mol. The largest absolute Gasteiger partial charge is 0.416 e. The first-order chi connectivity index (χ1) is 9.04. The number of aliphatic hydroxyl groups excluding tert-OH is 1. The highest BCUT2D eigenvalue weighted by Crippen LogP contribution is 2.36. The predicted molar refractivity (Wildman–Crippen MR) is 63.7 cm³/mol. The smallest absolute Gasteiger partial charge is 0.394 e. The second-order valence-electron chi connectivity index (χ2n) is 4.43. The molecule has 0 aromatic heterocycles. The first-order valence-corrected chi connectivity index (χ1v) is 6.13. The van der Waals surface area contributed by atoms with E-state index in [1.54, 1.807) is 6.07 Å². The Hall–Kier alpha value is -1.11. The third-order valence-electron chi connectivity index (χ3n) is 3.28. The fourth-order valence-corrected chi connectivity index (χ4v) is 2.35. The Morgan fingerprint density at radius 3 is 2.42 bits per heavy atom. The lowest BCUT2D eigenvalue weighted by Crippen LogP contribution is -2.41. The van der Waals surface area contributed by atoms with Crippen LogP contribution in [0.5, 0.6) is 0 Å². The number of benzene rings is 1. The van der Waals surface area contributed by atoms with Crippen molar-refractivity contribution in [3.8, 4) is 0 Å². The molecule has 0 saturated carbocycles. The van der Waals surface area contributed by atoms with Gasteiger partial charge in [-0.1, -0.05) is 18.2 Å². The van der Waals surface area contributed by atoms with Crippen LogP contribution in [0.2, 0.25) is 0 Å². The van der Waals surface area contributed by atoms with E-state index in [2.05, 4.69) is 0 Å². The van der Waals surface area contributed by atoms with Gasteiger partial charge in [0, 0.05) is 13.1 Å². The number of alkyl halides is 3. The summed E-state index contributed by atoms with van der Waals surface area (Å²) in [6.45, 7) is 1.66. The Morgan fingerprint density at radius 1 is 1.21 bits per heavy atom. The SMILES string of the molecule is OC[C@H](c1ccccc1C(F)(F)F)N1CCOCC1. The Labute approximate surface area is 109 Å². The summed E-state index contributed by atoms with van der Waals surface area (Å²) in [7, 11) is 0. The highest BCUT2D eigenvalue weighted by Gasteiger charge is 2.36. The minimum absolute atomic E-state index is 0.124. The molecule has 6 heteroatoms. The topological polar surface area (TPSA) is 32.7 Å². The van der Waals surface area contributed by atoms with Crippen LogP contribution >= 0.6 is 0 Å². The highest BCUT2D eigenvalue weighted by atomic mass is 19.4. The van der Waals surface area contributed by atoms with Gasteiger partial charge in [-0.25, -0.2) is 0 Å². The molecule has 1 atom stereocenters. The van der Waals surface area contributed by atoms with Crippen LogP contribution in [-0.2, 0) is 10.9 Å². The van der Waals surface area contributed by atoms with Gasteiger partial charge in [-0.05, 0) is 11.6 Å². The Morgan fingerprint density at radius 2 is 1.84 bits per heavy atom. The van der Waals surface area contributed by atoms with Crippen molar-refractivity contribution in [1.29, 1.82) is 0 Å². The molecule has 1 N–H and O–H groups in total. The van der Waals surface area contributed by atoms with Crippen LogP contribution in [0.15, 0.2) is 24.3 Å². The average molecular weight is 275 g/mol. The van der Waals surface area contributed by atoms with E-state index in [1.165, 1.54) is 12.1 Å². The molecule has 0 spiro atoms. The van der Waals surface area contributed by atoms with Gasteiger partial charge in [-0.2, -0.15) is 13.2 Å². The van der Waals surface area contributed by atoms with Gasteiger partial charge in [0.2, 0.25) is 0 Å². The quantitative estimate of drug-likeness (QED) is 0.916. The number of halogens is 3. The van der Waals surface area contributed by atoms with E-state index < -0.39 is 17.8 Å². The van der Waals surface area contributed by atoms with Gasteiger partial charge in [0.15, 0.2) is 0 Å². The van der Waals surface area contributed by atoms with Crippen molar-refractivity contribution in [3.63, 3.8) is 0 Å². The Bertz CT molecular complexity index is 417. The second-order valence-corrected chi connectivity index (χ2v) is 4.43. The molecule has 106 valence electrons. The number of nitrogens with zero attached hydrogens (tertiary/aromatic N) is 1. The normalized spacial score (nSPS) is 19.4. The van der Waals surface area contributed by atoms with E-state index >= 15 is 0 Å². The molecule has 3 nitrogen and oxygen atoms in total. The zero-order chi connectivity index (χ0) is 13.9. The highest BCUT2D eigenvalue weighted by molar-refractivity contribution is 5.32. The predicted octanol–water partition coefficient (Wildman–Crippen LogP) is 2.07. The summed E-state index contributed by atoms with van der Waals surface area (Å²) in [5, 5.41) is 9.47. The molecule has 1 saturated heterocycles. The molecule has 0 aliphatic carbocycles. The van der Waals surface area contributed by atoms with Gasteiger partial charge in [-0.15, -0.1) is 0 Å². The van der Waals surface area contributed by atoms with Crippen molar-refractivity contribution in [1.82, 2.24) is 4.90 Å². The zero-order valence-electron chi connectivity index (χ0n) is 10.4. The number of aliphatic hydroxyl groups is 1. The molecule has 1 aliphatic heterocycles. The van der Waals surface area contributed by atoms with Crippen molar-refractivity contribution in [3.05, 3.63) is 35.4 Å². The average Bonchev–Trinajstić information content (AvgIpc) is 2.40. The number of hydrogen-bond donors (Lipinski definition) is 1. The lowest BCUT2D eigenvalue weighted by molar-refractivity contribution is -0.139. The van der Waals surface area contributed by atoms with E-state index in [9.17, 15) is 18.3 Å². The summed E-state index contributed by atoms with van der Waals surface area (Å²) in [6, 6.07) is 4.77. The number of rotatable bonds is 3. The van der Waals surface area contributed by atoms with Crippen molar-refractivity contribution >= 4 is 0 Å². The maximum atomic E-state index is 13.0. The summed E-state index contributed by atoms with van der Waals surface area (Å²) in [5.41, 5.74) is -0.556. The molecule has 1 aliphatic rings. The van der Waals surface area contributed by atoms with Gasteiger partial charge < -0.3 is 9.84 Å². The van der Waals surface area contributed by atoms with E-state index in [0.717, 1.165) is 6.07 Å². The molecule has 2 rings (SSSR count). The van der Waals surface area contributed by atoms with Crippen LogP contribution < -0.4 is 0 Å². The molecule has 0 radical (unpaired) electrons. The number of morpholine rings is 1. The fourth-order valence-electron chi connectivity index (χ4n) is 2.35. The molecule has 1 heterocycles. The second kappa shape index (κ2) is 5.90. The summed E-state index contributed by atoms with van der Waals surface area (Å²) in [5.74, 6) is 0. The molecular formula is C13H16F3NO2. The molecule has 1 aromatic carbocycles. The van der Waals surface area contributed by atoms with Crippen LogP contribution in [-0.4, -0.2) is 42.9 Å². The van der Waals surface area contributed by atoms with Crippen LogP contribution in [0.1, 0.15) is 17.2 Å². The van der Waals surface area contributed by atoms with Crippen LogP contribution in [0.3, 0.4) is 0 Å². The third kappa shape index (κ3) is 3.26. The van der Waals surface area contributed by atoms with Crippen LogP contribution in [0.25, 0.3) is 0 Å². The van der Waals surface area contributed by atoms with Gasteiger partial charge in [0.05, 0.1) is 31.4 Å². The van der Waals surface area contributed by atoms with Gasteiger partial charge in [0.25, 0.3) is 0 Å². The summed E-state index contributed by atoms with van der Waals surface area (Å²) in [6.07, 6.45) is -4.41. The van der Waals surface area contributed by atoms with E-state index in [0.29, 0.717) is 26.3 Å². The first-order valence-electron chi connectivity index (χ1n) is 6.13. The molecule has 1 fully saturated rings. The van der Waals surface area contributed by atoms with Crippen LogP contribution in [0.4, 0.5) is 13.2 Å². The molecule has 0 unspecified atom stereocenters. The molecular weight excluding hydrogens is 259 g/mol. The van der Waals surface area contributed by atoms with Crippen molar-refractivity contribution in [2.75, 3.05) is 32.9 Å². The Balaban J connectivity index is 2.32. The third-order valence-corrected chi connectivity index (χ3v) is 3.28. The lowest BCUT2D eigenvalue weighted by atomic mass is 9.98. The van der Waals surface area contributed by atoms with Crippen molar-refractivity contribution in [2.24, 2.45) is 0 Å². The molecule has 0 amide bonds. The Kier molecular flexibility index (Phi) is 4.44. The van der Waals surface area contributed by atoms with Crippen LogP contribution in [0, 0.1) is 0 Å². The standard InChI is InChI=1S/C13H16F3NO2/c14-13(15,16)11-4-2-1-3-10(11)12(9-18)17-5-7-19-8-6-17/h1-4,12,18H,5-9H2/t12-/m1/s1. The molecule has 0 bridgehead atoms. The zero-order valence-corrected chi connectivity index (χ0v) is 10.4. The number of ether oxygens (including phenoxy) is 1. The first kappa shape index (κ1) is 14.3. The summed E-state index contributed by atoms with van der Waals surface area (Å²) in [4.78, 5) is 1.83. The van der Waals surface area contributed by atoms with E-state index in [-0.39, 0.29) is 12.2 Å². The number of hydrogen-bond acceptors (Lipinski definition) is 3. The van der Waals surface area contributed by atoms with Gasteiger partial charge >= 0.3 is 6.18 Å². The maximum absolute atomic E-state index is 13.0. The summed E-state index contributed by atoms with van der Waals surface area (Å²) >= 11 is 0. The minimum Gasteiger partial charge on any atom is -0.394 e. The maximum Gasteiger partial charge on any atom is 0.416 e. The van der Waals surface area contributed by atoms with Gasteiger partial charge in [0.1, 0.15) is 0 Å². The van der Waals surface area contributed by atoms with Gasteiger partial charge in [-0.3, -0.25) is 4.90 Å². The lowest BCUT2D eigenvalue weighted by Gasteiger charge is -2.34. The summed E-state index contributed by atoms with van der Waals surface area (Å²) < 4.78 is 44.1. The molecule has 19 heavy (non-hydrogen) atoms. The van der Waals surface area contributed by atoms with Crippen molar-refractivity contribution in [2.45, 2.75) is 12.2 Å².